The Bertz CT molecular complexity index is 966. The van der Waals surface area contributed by atoms with Gasteiger partial charge in [0.05, 0.1) is 6.10 Å². The van der Waals surface area contributed by atoms with E-state index in [0.717, 1.165) is 25.0 Å². The zero-order valence-corrected chi connectivity index (χ0v) is 18.3. The number of piperidine rings is 2. The van der Waals surface area contributed by atoms with Crippen molar-refractivity contribution in [2.45, 2.75) is 82.5 Å². The average Bonchev–Trinajstić information content (AvgIpc) is 3.03. The van der Waals surface area contributed by atoms with Crippen molar-refractivity contribution in [3.05, 3.63) is 12.2 Å². The Morgan fingerprint density at radius 1 is 1.13 bits per heavy atom. The molecule has 2 N–H and O–H groups in total. The summed E-state index contributed by atoms with van der Waals surface area (Å²) in [5, 5.41) is 24.4. The van der Waals surface area contributed by atoms with Crippen LogP contribution >= 0.6 is 0 Å². The molecular formula is C24H31NO6. The first-order valence-corrected chi connectivity index (χ1v) is 11.7. The van der Waals surface area contributed by atoms with E-state index in [1.54, 1.807) is 0 Å². The predicted molar refractivity (Wildman–Crippen MR) is 107 cm³/mol. The Labute approximate surface area is 181 Å². The lowest BCUT2D eigenvalue weighted by atomic mass is 9.39. The predicted octanol–water partition coefficient (Wildman–Crippen LogP) is 1.02. The highest BCUT2D eigenvalue weighted by atomic mass is 16.6. The maximum absolute atomic E-state index is 12.6. The molecule has 9 bridgehead atoms. The van der Waals surface area contributed by atoms with E-state index in [0.29, 0.717) is 24.8 Å². The lowest BCUT2D eigenvalue weighted by Crippen LogP contribution is -2.77. The molecule has 0 aromatic carbocycles. The quantitative estimate of drug-likeness (QED) is 0.500. The maximum atomic E-state index is 12.6. The Hall–Kier alpha value is -1.44. The average molecular weight is 430 g/mol. The van der Waals surface area contributed by atoms with E-state index in [9.17, 15) is 19.8 Å². The van der Waals surface area contributed by atoms with Crippen molar-refractivity contribution in [3.63, 3.8) is 0 Å². The lowest BCUT2D eigenvalue weighted by Gasteiger charge is -2.68. The molecule has 3 heterocycles. The molecule has 9 aliphatic rings. The van der Waals surface area contributed by atoms with Gasteiger partial charge < -0.3 is 19.7 Å². The first-order chi connectivity index (χ1) is 14.5. The van der Waals surface area contributed by atoms with Gasteiger partial charge in [-0.3, -0.25) is 14.5 Å². The molecule has 6 saturated carbocycles. The van der Waals surface area contributed by atoms with Crippen LogP contribution in [0.2, 0.25) is 0 Å². The monoisotopic (exact) mass is 429 g/mol. The fourth-order valence-corrected chi connectivity index (χ4v) is 11.3. The van der Waals surface area contributed by atoms with Crippen LogP contribution in [0.25, 0.3) is 0 Å². The van der Waals surface area contributed by atoms with Crippen LogP contribution in [0.3, 0.4) is 0 Å². The van der Waals surface area contributed by atoms with Crippen molar-refractivity contribution in [2.75, 3.05) is 6.54 Å². The number of carbonyl (C=O) groups excluding carboxylic acids is 2. The molecule has 3 saturated heterocycles. The second-order valence-corrected chi connectivity index (χ2v) is 12.1. The molecule has 0 aromatic rings. The van der Waals surface area contributed by atoms with Crippen LogP contribution in [0.4, 0.5) is 0 Å². The van der Waals surface area contributed by atoms with Crippen LogP contribution < -0.4 is 0 Å². The van der Waals surface area contributed by atoms with Crippen molar-refractivity contribution in [1.29, 1.82) is 0 Å². The van der Waals surface area contributed by atoms with Gasteiger partial charge in [-0.25, -0.2) is 0 Å². The van der Waals surface area contributed by atoms with Gasteiger partial charge >= 0.3 is 11.9 Å². The summed E-state index contributed by atoms with van der Waals surface area (Å²) in [6, 6.07) is 0.176. The summed E-state index contributed by atoms with van der Waals surface area (Å²) in [6.45, 7) is 10.3. The minimum Gasteiger partial charge on any atom is -0.463 e. The number of aliphatic hydroxyl groups excluding tert-OH is 1. The Balaban J connectivity index is 1.47. The van der Waals surface area contributed by atoms with E-state index < -0.39 is 35.1 Å². The number of nitrogens with zero attached hydrogens (tertiary/aromatic N) is 1. The zero-order chi connectivity index (χ0) is 21.9. The fourth-order valence-electron chi connectivity index (χ4n) is 11.3. The largest absolute Gasteiger partial charge is 0.463 e. The summed E-state index contributed by atoms with van der Waals surface area (Å²) in [5.74, 6) is -0.896. The molecule has 9 fully saturated rings. The van der Waals surface area contributed by atoms with Crippen LogP contribution in [0.5, 0.6) is 0 Å². The van der Waals surface area contributed by atoms with Crippen molar-refractivity contribution in [1.82, 2.24) is 4.90 Å². The van der Waals surface area contributed by atoms with Gasteiger partial charge in [-0.1, -0.05) is 19.1 Å². The Kier molecular flexibility index (Phi) is 3.10. The highest BCUT2D eigenvalue weighted by Crippen LogP contribution is 2.88. The van der Waals surface area contributed by atoms with Gasteiger partial charge in [0.2, 0.25) is 0 Å². The molecule has 2 unspecified atom stereocenters. The first-order valence-electron chi connectivity index (χ1n) is 11.7. The van der Waals surface area contributed by atoms with Crippen molar-refractivity contribution >= 4 is 11.9 Å². The summed E-state index contributed by atoms with van der Waals surface area (Å²) in [4.78, 5) is 26.5. The SMILES string of the molecule is C=C1C[C@@]23C[C@H]4[C@@H]5[C@]6(C)C[C@H](OC(C)=O)C[C@@]57[C@@H]2[C@H](O)[C@@H]1C(OC(C)=O)[C@]3(O)[C@H]7N4C6. The van der Waals surface area contributed by atoms with Gasteiger partial charge in [0, 0.05) is 55.1 Å². The molecule has 6 aliphatic carbocycles. The summed E-state index contributed by atoms with van der Waals surface area (Å²) in [7, 11) is 0. The molecule has 168 valence electrons. The van der Waals surface area contributed by atoms with Gasteiger partial charge in [0.1, 0.15) is 17.8 Å². The van der Waals surface area contributed by atoms with E-state index in [1.807, 2.05) is 0 Å². The molecule has 31 heavy (non-hydrogen) atoms. The third kappa shape index (κ3) is 1.65. The minimum absolute atomic E-state index is 0.0120. The summed E-state index contributed by atoms with van der Waals surface area (Å²) >= 11 is 0. The topological polar surface area (TPSA) is 96.3 Å². The first kappa shape index (κ1) is 19.1. The second kappa shape index (κ2) is 5.05. The van der Waals surface area contributed by atoms with Gasteiger partial charge in [-0.05, 0) is 37.0 Å². The number of esters is 2. The highest BCUT2D eigenvalue weighted by Gasteiger charge is 2.95. The molecule has 0 amide bonds. The van der Waals surface area contributed by atoms with Gasteiger partial charge in [-0.15, -0.1) is 0 Å². The van der Waals surface area contributed by atoms with Crippen LogP contribution in [0.1, 0.15) is 46.5 Å². The molecule has 0 radical (unpaired) electrons. The van der Waals surface area contributed by atoms with Crippen LogP contribution in [0, 0.1) is 34.0 Å². The zero-order valence-electron chi connectivity index (χ0n) is 18.3. The van der Waals surface area contributed by atoms with Crippen LogP contribution in [-0.2, 0) is 19.1 Å². The van der Waals surface area contributed by atoms with Crippen LogP contribution in [0.15, 0.2) is 12.2 Å². The maximum Gasteiger partial charge on any atom is 0.303 e. The van der Waals surface area contributed by atoms with E-state index in [2.05, 4.69) is 18.4 Å². The second-order valence-electron chi connectivity index (χ2n) is 12.1. The van der Waals surface area contributed by atoms with Gasteiger partial charge in [0.15, 0.2) is 0 Å². The number of hydrogen-bond acceptors (Lipinski definition) is 7. The van der Waals surface area contributed by atoms with Crippen molar-refractivity contribution in [2.24, 2.45) is 34.0 Å². The van der Waals surface area contributed by atoms with Gasteiger partial charge in [0.25, 0.3) is 0 Å². The van der Waals surface area contributed by atoms with E-state index in [1.165, 1.54) is 13.8 Å². The Morgan fingerprint density at radius 3 is 2.52 bits per heavy atom. The molecule has 13 atom stereocenters. The number of carbonyl (C=O) groups is 2. The number of aliphatic hydroxyl groups is 2. The minimum atomic E-state index is -1.21. The number of ether oxygens (including phenoxy) is 2. The third-order valence-corrected chi connectivity index (χ3v) is 10.9. The third-order valence-electron chi connectivity index (χ3n) is 10.9. The highest BCUT2D eigenvalue weighted by molar-refractivity contribution is 5.67. The number of fused-ring (bicyclic) bond motifs is 1. The number of hydrogen-bond donors (Lipinski definition) is 2. The summed E-state index contributed by atoms with van der Waals surface area (Å²) in [6.07, 6.45) is 1.30. The molecule has 7 heteroatoms. The molecule has 0 aromatic heterocycles. The molecule has 3 aliphatic heterocycles. The van der Waals surface area contributed by atoms with Crippen LogP contribution in [-0.4, -0.2) is 69.6 Å². The van der Waals surface area contributed by atoms with Crippen molar-refractivity contribution in [3.8, 4) is 0 Å². The molecule has 7 nitrogen and oxygen atoms in total. The van der Waals surface area contributed by atoms with Crippen molar-refractivity contribution < 1.29 is 29.3 Å². The van der Waals surface area contributed by atoms with E-state index in [4.69, 9.17) is 9.47 Å². The standard InChI is InChI=1S/C24H31NO6/c1-10-5-22-8-14-17-21(4)6-13(30-11(2)26)7-23(17)18(22)16(28)15(10)19(31-12(3)27)24(22,29)20(23)25(14)9-21/h13-20,28-29H,1,5-9H2,2-4H3/t13-,14-,15+,16+,17+,18+,19?,20-,21+,22+,23-,24-/m0/s1. The Morgan fingerprint density at radius 2 is 1.84 bits per heavy atom. The van der Waals surface area contributed by atoms with E-state index in [-0.39, 0.29) is 34.9 Å². The summed E-state index contributed by atoms with van der Waals surface area (Å²) in [5.41, 5.74) is -1.20. The fraction of sp³-hybridized carbons (Fsp3) is 0.833. The summed E-state index contributed by atoms with van der Waals surface area (Å²) < 4.78 is 11.6. The molecule has 9 rings (SSSR count). The molecular weight excluding hydrogens is 398 g/mol. The molecule has 2 spiro atoms. The lowest BCUT2D eigenvalue weighted by molar-refractivity contribution is -0.284. The smallest absolute Gasteiger partial charge is 0.303 e. The van der Waals surface area contributed by atoms with Gasteiger partial charge in [-0.2, -0.15) is 0 Å². The van der Waals surface area contributed by atoms with E-state index >= 15 is 0 Å². The number of rotatable bonds is 2. The normalized spacial score (nSPS) is 63.5.